The standard InChI is InChI=1S/C21H34N2O4S/c1-3-5-9-16-22-21(24)17-23(18-10-7-6-8-11-18)28(25,26)20-14-12-19(13-15-20)27-4-2/h12-15,18H,3-11,16-17H2,1-2H3,(H,22,24). The molecule has 7 heteroatoms. The molecule has 158 valence electrons. The van der Waals surface area contributed by atoms with Crippen molar-refractivity contribution in [3.63, 3.8) is 0 Å². The van der Waals surface area contributed by atoms with E-state index in [1.165, 1.54) is 4.31 Å². The molecule has 6 nitrogen and oxygen atoms in total. The van der Waals surface area contributed by atoms with Crippen LogP contribution in [0.3, 0.4) is 0 Å². The van der Waals surface area contributed by atoms with E-state index in [4.69, 9.17) is 4.74 Å². The van der Waals surface area contributed by atoms with E-state index in [-0.39, 0.29) is 23.4 Å². The maximum atomic E-state index is 13.3. The Kier molecular flexibility index (Phi) is 9.25. The highest BCUT2D eigenvalue weighted by Gasteiger charge is 2.33. The largest absolute Gasteiger partial charge is 0.494 e. The molecule has 1 aromatic rings. The third-order valence-corrected chi connectivity index (χ3v) is 7.04. The van der Waals surface area contributed by atoms with E-state index in [0.717, 1.165) is 51.4 Å². The van der Waals surface area contributed by atoms with E-state index in [2.05, 4.69) is 12.2 Å². The Balaban J connectivity index is 2.15. The molecule has 0 aliphatic heterocycles. The summed E-state index contributed by atoms with van der Waals surface area (Å²) in [5.41, 5.74) is 0. The summed E-state index contributed by atoms with van der Waals surface area (Å²) in [4.78, 5) is 12.6. The van der Waals surface area contributed by atoms with Gasteiger partial charge >= 0.3 is 0 Å². The van der Waals surface area contributed by atoms with Gasteiger partial charge in [-0.2, -0.15) is 4.31 Å². The number of unbranched alkanes of at least 4 members (excludes halogenated alkanes) is 2. The van der Waals surface area contributed by atoms with Gasteiger partial charge in [-0.15, -0.1) is 0 Å². The first-order chi connectivity index (χ1) is 13.5. The average Bonchev–Trinajstić information content (AvgIpc) is 2.70. The van der Waals surface area contributed by atoms with Crippen LogP contribution in [-0.4, -0.2) is 44.4 Å². The highest BCUT2D eigenvalue weighted by Crippen LogP contribution is 2.28. The number of hydrogen-bond acceptors (Lipinski definition) is 4. The molecule has 2 rings (SSSR count). The normalized spacial score (nSPS) is 15.5. The molecule has 0 heterocycles. The van der Waals surface area contributed by atoms with Gasteiger partial charge in [-0.3, -0.25) is 4.79 Å². The van der Waals surface area contributed by atoms with Gasteiger partial charge in [0.1, 0.15) is 5.75 Å². The molecule has 28 heavy (non-hydrogen) atoms. The fourth-order valence-corrected chi connectivity index (χ4v) is 5.23. The molecular formula is C21H34N2O4S. The predicted octanol–water partition coefficient (Wildman–Crippen LogP) is 3.72. The van der Waals surface area contributed by atoms with E-state index in [0.29, 0.717) is 18.9 Å². The van der Waals surface area contributed by atoms with E-state index in [1.807, 2.05) is 6.92 Å². The van der Waals surface area contributed by atoms with Crippen LogP contribution in [0.25, 0.3) is 0 Å². The summed E-state index contributed by atoms with van der Waals surface area (Å²) in [5.74, 6) is 0.413. The zero-order valence-corrected chi connectivity index (χ0v) is 18.0. The summed E-state index contributed by atoms with van der Waals surface area (Å²) >= 11 is 0. The lowest BCUT2D eigenvalue weighted by Crippen LogP contribution is -2.47. The minimum absolute atomic E-state index is 0.119. The first-order valence-electron chi connectivity index (χ1n) is 10.5. The van der Waals surface area contributed by atoms with Crippen molar-refractivity contribution in [3.05, 3.63) is 24.3 Å². The lowest BCUT2D eigenvalue weighted by molar-refractivity contribution is -0.121. The van der Waals surface area contributed by atoms with Gasteiger partial charge in [-0.1, -0.05) is 39.0 Å². The second kappa shape index (κ2) is 11.4. The van der Waals surface area contributed by atoms with Crippen molar-refractivity contribution in [1.82, 2.24) is 9.62 Å². The summed E-state index contributed by atoms with van der Waals surface area (Å²) in [6, 6.07) is 6.34. The highest BCUT2D eigenvalue weighted by atomic mass is 32.2. The molecule has 1 amide bonds. The molecular weight excluding hydrogens is 376 g/mol. The summed E-state index contributed by atoms with van der Waals surface area (Å²) in [6.07, 6.45) is 7.77. The number of rotatable bonds is 11. The third kappa shape index (κ3) is 6.48. The molecule has 0 atom stereocenters. The van der Waals surface area contributed by atoms with E-state index < -0.39 is 10.0 Å². The molecule has 0 aromatic heterocycles. The molecule has 0 unspecified atom stereocenters. The van der Waals surface area contributed by atoms with E-state index in [9.17, 15) is 13.2 Å². The van der Waals surface area contributed by atoms with Crippen molar-refractivity contribution in [2.24, 2.45) is 0 Å². The van der Waals surface area contributed by atoms with Gasteiger partial charge in [0.25, 0.3) is 0 Å². The Morgan fingerprint density at radius 1 is 1.11 bits per heavy atom. The molecule has 1 aliphatic rings. The summed E-state index contributed by atoms with van der Waals surface area (Å²) in [7, 11) is -3.75. The van der Waals surface area contributed by atoms with Crippen LogP contribution in [0, 0.1) is 0 Å². The SMILES string of the molecule is CCCCCNC(=O)CN(C1CCCCC1)S(=O)(=O)c1ccc(OCC)cc1. The molecule has 0 bridgehead atoms. The first kappa shape index (κ1) is 22.7. The topological polar surface area (TPSA) is 75.7 Å². The Hall–Kier alpha value is -1.60. The highest BCUT2D eigenvalue weighted by molar-refractivity contribution is 7.89. The molecule has 0 spiro atoms. The monoisotopic (exact) mass is 410 g/mol. The van der Waals surface area contributed by atoms with Crippen LogP contribution in [0.1, 0.15) is 65.2 Å². The fraction of sp³-hybridized carbons (Fsp3) is 0.667. The van der Waals surface area contributed by atoms with Crippen LogP contribution >= 0.6 is 0 Å². The lowest BCUT2D eigenvalue weighted by atomic mass is 9.95. The maximum Gasteiger partial charge on any atom is 0.243 e. The number of hydrogen-bond donors (Lipinski definition) is 1. The van der Waals surface area contributed by atoms with Gasteiger partial charge in [0.05, 0.1) is 18.0 Å². The quantitative estimate of drug-likeness (QED) is 0.564. The second-order valence-electron chi connectivity index (χ2n) is 7.30. The molecule has 1 N–H and O–H groups in total. The number of nitrogens with one attached hydrogen (secondary N) is 1. The van der Waals surface area contributed by atoms with Gasteiger partial charge in [-0.05, 0) is 50.5 Å². The van der Waals surface area contributed by atoms with Crippen molar-refractivity contribution in [2.75, 3.05) is 19.7 Å². The van der Waals surface area contributed by atoms with Crippen molar-refractivity contribution in [2.45, 2.75) is 76.2 Å². The molecule has 1 fully saturated rings. The van der Waals surface area contributed by atoms with Gasteiger partial charge in [-0.25, -0.2) is 8.42 Å². The number of benzene rings is 1. The summed E-state index contributed by atoms with van der Waals surface area (Å²) < 4.78 is 33.5. The van der Waals surface area contributed by atoms with Crippen molar-refractivity contribution in [3.8, 4) is 5.75 Å². The molecule has 1 saturated carbocycles. The van der Waals surface area contributed by atoms with Gasteiger partial charge in [0.15, 0.2) is 0 Å². The van der Waals surface area contributed by atoms with Crippen LogP contribution < -0.4 is 10.1 Å². The second-order valence-corrected chi connectivity index (χ2v) is 9.19. The number of sulfonamides is 1. The van der Waals surface area contributed by atoms with Crippen LogP contribution in [0.15, 0.2) is 29.2 Å². The number of ether oxygens (including phenoxy) is 1. The van der Waals surface area contributed by atoms with Crippen molar-refractivity contribution < 1.29 is 17.9 Å². The van der Waals surface area contributed by atoms with Gasteiger partial charge < -0.3 is 10.1 Å². The Labute approximate surface area is 169 Å². The minimum Gasteiger partial charge on any atom is -0.494 e. The third-order valence-electron chi connectivity index (χ3n) is 5.13. The summed E-state index contributed by atoms with van der Waals surface area (Å²) in [6.45, 7) is 4.99. The van der Waals surface area contributed by atoms with Gasteiger partial charge in [0.2, 0.25) is 15.9 Å². The van der Waals surface area contributed by atoms with E-state index >= 15 is 0 Å². The lowest BCUT2D eigenvalue weighted by Gasteiger charge is -2.33. The number of amides is 1. The molecule has 1 aromatic carbocycles. The summed E-state index contributed by atoms with van der Waals surface area (Å²) in [5, 5.41) is 2.87. The first-order valence-corrected chi connectivity index (χ1v) is 11.9. The maximum absolute atomic E-state index is 13.3. The van der Waals surface area contributed by atoms with E-state index in [1.54, 1.807) is 24.3 Å². The average molecular weight is 411 g/mol. The Morgan fingerprint density at radius 3 is 2.39 bits per heavy atom. The van der Waals surface area contributed by atoms with Crippen LogP contribution in [0.5, 0.6) is 5.75 Å². The Morgan fingerprint density at radius 2 is 1.79 bits per heavy atom. The number of carbonyl (C=O) groups excluding carboxylic acids is 1. The number of nitrogens with zero attached hydrogens (tertiary/aromatic N) is 1. The zero-order chi connectivity index (χ0) is 20.4. The van der Waals surface area contributed by atoms with Crippen LogP contribution in [-0.2, 0) is 14.8 Å². The Bertz CT molecular complexity index is 698. The molecule has 0 saturated heterocycles. The minimum atomic E-state index is -3.75. The smallest absolute Gasteiger partial charge is 0.243 e. The zero-order valence-electron chi connectivity index (χ0n) is 17.2. The van der Waals surface area contributed by atoms with Crippen molar-refractivity contribution >= 4 is 15.9 Å². The fourth-order valence-electron chi connectivity index (χ4n) is 3.59. The van der Waals surface area contributed by atoms with Crippen LogP contribution in [0.4, 0.5) is 0 Å². The van der Waals surface area contributed by atoms with Gasteiger partial charge in [0, 0.05) is 12.6 Å². The predicted molar refractivity (Wildman–Crippen MR) is 111 cm³/mol. The number of carbonyl (C=O) groups is 1. The molecule has 0 radical (unpaired) electrons. The molecule has 1 aliphatic carbocycles. The van der Waals surface area contributed by atoms with Crippen LogP contribution in [0.2, 0.25) is 0 Å². The van der Waals surface area contributed by atoms with Crippen molar-refractivity contribution in [1.29, 1.82) is 0 Å².